The quantitative estimate of drug-likeness (QED) is 0.329. The number of hydrazine groups is 1. The van der Waals surface area contributed by atoms with Gasteiger partial charge in [0.15, 0.2) is 0 Å². The highest BCUT2D eigenvalue weighted by Gasteiger charge is 2.27. The minimum atomic E-state index is -4.30. The summed E-state index contributed by atoms with van der Waals surface area (Å²) in [5.74, 6) is 0. The standard InChI is InChI=1S/CH5N2O4P/c4-8(5,6)7-3-1-2-3/h2H,1H2,(H2,4,5,6). The largest absolute Gasteiger partial charge is 0.487 e. The molecule has 8 heavy (non-hydrogen) atoms. The van der Waals surface area contributed by atoms with Gasteiger partial charge in [-0.25, -0.2) is 9.99 Å². The molecule has 0 aliphatic carbocycles. The van der Waals surface area contributed by atoms with E-state index in [9.17, 15) is 4.57 Å². The zero-order valence-corrected chi connectivity index (χ0v) is 4.71. The Bertz CT molecular complexity index is 126. The second kappa shape index (κ2) is 1.77. The molecule has 1 fully saturated rings. The molecule has 0 radical (unpaired) electrons. The molecule has 7 heteroatoms. The van der Waals surface area contributed by atoms with Crippen LogP contribution < -0.4 is 5.43 Å². The van der Waals surface area contributed by atoms with Crippen molar-refractivity contribution in [1.29, 1.82) is 0 Å². The molecule has 1 unspecified atom stereocenters. The molecule has 0 aromatic rings. The molecule has 1 rings (SSSR count). The first-order valence-corrected chi connectivity index (χ1v) is 3.37. The molecule has 1 atom stereocenters. The van der Waals surface area contributed by atoms with Crippen LogP contribution in [0.3, 0.4) is 0 Å². The second-order valence-electron chi connectivity index (χ2n) is 1.27. The fourth-order valence-electron chi connectivity index (χ4n) is 0.215. The van der Waals surface area contributed by atoms with Gasteiger partial charge >= 0.3 is 7.82 Å². The van der Waals surface area contributed by atoms with E-state index in [0.717, 1.165) is 5.17 Å². The van der Waals surface area contributed by atoms with E-state index in [1.807, 2.05) is 0 Å². The van der Waals surface area contributed by atoms with Gasteiger partial charge in [0.2, 0.25) is 0 Å². The van der Waals surface area contributed by atoms with Crippen LogP contribution in [0.1, 0.15) is 0 Å². The lowest BCUT2D eigenvalue weighted by molar-refractivity contribution is 0.0110. The van der Waals surface area contributed by atoms with Crippen LogP contribution in [0, 0.1) is 0 Å². The SMILES string of the molecule is O=P(O)(O)ON1CN1. The lowest BCUT2D eigenvalue weighted by Crippen LogP contribution is -1.98. The molecule has 1 heterocycles. The van der Waals surface area contributed by atoms with Crippen molar-refractivity contribution in [3.05, 3.63) is 0 Å². The summed E-state index contributed by atoms with van der Waals surface area (Å²) in [5.41, 5.74) is 2.41. The number of nitrogens with one attached hydrogen (secondary N) is 1. The Balaban J connectivity index is 2.26. The van der Waals surface area contributed by atoms with Crippen LogP contribution >= 0.6 is 7.82 Å². The van der Waals surface area contributed by atoms with Crippen LogP contribution in [0.25, 0.3) is 0 Å². The van der Waals surface area contributed by atoms with Crippen LogP contribution in [-0.4, -0.2) is 21.6 Å². The zero-order chi connectivity index (χ0) is 6.20. The maximum absolute atomic E-state index is 9.87. The monoisotopic (exact) mass is 140 g/mol. The Hall–Kier alpha value is 0.0300. The third-order valence-electron chi connectivity index (χ3n) is 0.492. The highest BCUT2D eigenvalue weighted by molar-refractivity contribution is 7.46. The van der Waals surface area contributed by atoms with Crippen molar-refractivity contribution in [3.8, 4) is 0 Å². The maximum Gasteiger partial charge on any atom is 0.487 e. The van der Waals surface area contributed by atoms with Crippen molar-refractivity contribution in [2.24, 2.45) is 0 Å². The molecule has 48 valence electrons. The van der Waals surface area contributed by atoms with Gasteiger partial charge < -0.3 is 9.79 Å². The summed E-state index contributed by atoms with van der Waals surface area (Å²) >= 11 is 0. The van der Waals surface area contributed by atoms with Gasteiger partial charge in [-0.05, 0) is 0 Å². The molecule has 0 bridgehead atoms. The second-order valence-corrected chi connectivity index (χ2v) is 2.41. The van der Waals surface area contributed by atoms with Gasteiger partial charge in [0.25, 0.3) is 0 Å². The third kappa shape index (κ3) is 2.37. The third-order valence-corrected chi connectivity index (χ3v) is 0.902. The van der Waals surface area contributed by atoms with E-state index in [-0.39, 0.29) is 0 Å². The number of phosphoric acid groups is 1. The number of nitrogens with zero attached hydrogens (tertiary/aromatic N) is 1. The molecule has 0 saturated carbocycles. The lowest BCUT2D eigenvalue weighted by Gasteiger charge is -1.99. The summed E-state index contributed by atoms with van der Waals surface area (Å²) < 4.78 is 13.8. The van der Waals surface area contributed by atoms with Gasteiger partial charge in [0.05, 0.1) is 0 Å². The predicted octanol–water partition coefficient (Wildman–Crippen LogP) is -1.21. The molecule has 1 aliphatic heterocycles. The molecule has 0 amide bonds. The summed E-state index contributed by atoms with van der Waals surface area (Å²) in [6.07, 6.45) is 0. The van der Waals surface area contributed by atoms with Crippen molar-refractivity contribution < 1.29 is 19.0 Å². The zero-order valence-electron chi connectivity index (χ0n) is 3.81. The van der Waals surface area contributed by atoms with Crippen molar-refractivity contribution in [2.45, 2.75) is 0 Å². The molecule has 6 nitrogen and oxygen atoms in total. The Morgan fingerprint density at radius 2 is 2.25 bits per heavy atom. The number of hydrogen-bond donors (Lipinski definition) is 3. The number of hydroxylamine groups is 1. The summed E-state index contributed by atoms with van der Waals surface area (Å²) in [6, 6.07) is 0. The summed E-state index contributed by atoms with van der Waals surface area (Å²) in [4.78, 5) is 16.1. The van der Waals surface area contributed by atoms with Crippen LogP contribution in [-0.2, 0) is 9.19 Å². The smallest absolute Gasteiger partial charge is 0.302 e. The topological polar surface area (TPSA) is 91.7 Å². The first-order chi connectivity index (χ1) is 3.58. The van der Waals surface area contributed by atoms with Gasteiger partial charge in [-0.2, -0.15) is 4.62 Å². The van der Waals surface area contributed by atoms with E-state index >= 15 is 0 Å². The minimum Gasteiger partial charge on any atom is -0.302 e. The lowest BCUT2D eigenvalue weighted by atomic mass is 11.4. The van der Waals surface area contributed by atoms with Crippen molar-refractivity contribution in [1.82, 2.24) is 10.6 Å². The van der Waals surface area contributed by atoms with E-state index in [1.54, 1.807) is 0 Å². The molecule has 0 aromatic carbocycles. The van der Waals surface area contributed by atoms with Gasteiger partial charge in [-0.3, -0.25) is 0 Å². The van der Waals surface area contributed by atoms with Crippen LogP contribution in [0.5, 0.6) is 0 Å². The molecule has 1 aliphatic rings. The first kappa shape index (κ1) is 6.15. The Labute approximate surface area is 45.2 Å². The molecule has 0 aromatic heterocycles. The highest BCUT2D eigenvalue weighted by atomic mass is 31.2. The predicted molar refractivity (Wildman–Crippen MR) is 23.0 cm³/mol. The number of rotatable bonds is 2. The van der Waals surface area contributed by atoms with Gasteiger partial charge in [-0.1, -0.05) is 5.17 Å². The highest BCUT2D eigenvalue weighted by Crippen LogP contribution is 2.37. The molecule has 3 N–H and O–H groups in total. The number of hydrogen-bond acceptors (Lipinski definition) is 4. The van der Waals surface area contributed by atoms with Crippen molar-refractivity contribution >= 4 is 7.82 Å². The van der Waals surface area contributed by atoms with E-state index in [2.05, 4.69) is 10.1 Å². The van der Waals surface area contributed by atoms with Crippen molar-refractivity contribution in [2.75, 3.05) is 6.67 Å². The van der Waals surface area contributed by atoms with Gasteiger partial charge in [-0.15, -0.1) is 0 Å². The Kier molecular flexibility index (Phi) is 1.36. The minimum absolute atomic E-state index is 0.366. The summed E-state index contributed by atoms with van der Waals surface area (Å²) in [7, 11) is -4.30. The first-order valence-electron chi connectivity index (χ1n) is 1.84. The molecular formula is CH5N2O4P. The molecular weight excluding hydrogens is 135 g/mol. The van der Waals surface area contributed by atoms with Crippen LogP contribution in [0.2, 0.25) is 0 Å². The van der Waals surface area contributed by atoms with E-state index in [4.69, 9.17) is 9.79 Å². The fourth-order valence-corrected chi connectivity index (χ4v) is 0.587. The Morgan fingerprint density at radius 1 is 1.75 bits per heavy atom. The average Bonchev–Trinajstić information content (AvgIpc) is 2.12. The van der Waals surface area contributed by atoms with Crippen molar-refractivity contribution in [3.63, 3.8) is 0 Å². The normalized spacial score (nSPS) is 28.0. The van der Waals surface area contributed by atoms with Crippen LogP contribution in [0.4, 0.5) is 0 Å². The molecule has 0 spiro atoms. The average molecular weight is 140 g/mol. The van der Waals surface area contributed by atoms with Crippen LogP contribution in [0.15, 0.2) is 0 Å². The van der Waals surface area contributed by atoms with E-state index in [1.165, 1.54) is 0 Å². The van der Waals surface area contributed by atoms with E-state index in [0.29, 0.717) is 6.67 Å². The molecule has 1 saturated heterocycles. The maximum atomic E-state index is 9.87. The summed E-state index contributed by atoms with van der Waals surface area (Å²) in [6.45, 7) is 0.366. The summed E-state index contributed by atoms with van der Waals surface area (Å²) in [5, 5.41) is 0.945. The van der Waals surface area contributed by atoms with E-state index < -0.39 is 7.82 Å². The van der Waals surface area contributed by atoms with Gasteiger partial charge in [0, 0.05) is 0 Å². The van der Waals surface area contributed by atoms with Gasteiger partial charge in [0.1, 0.15) is 6.67 Å². The Morgan fingerprint density at radius 3 is 2.38 bits per heavy atom. The fraction of sp³-hybridized carbons (Fsp3) is 1.00.